The monoisotopic (exact) mass is 184 g/mol. The number of carbonyl (C=O) groups is 1. The Kier molecular flexibility index (Phi) is 4.22. The quantitative estimate of drug-likeness (QED) is 0.688. The maximum absolute atomic E-state index is 11.6. The number of rotatable bonds is 3. The fraction of sp³-hybridized carbons (Fsp3) is 0.900. The highest BCUT2D eigenvalue weighted by atomic mass is 16.2. The number of hydrogen-bond acceptors (Lipinski definition) is 2. The lowest BCUT2D eigenvalue weighted by atomic mass is 10.0. The zero-order valence-corrected chi connectivity index (χ0v) is 8.60. The van der Waals surface area contributed by atoms with E-state index in [1.807, 2.05) is 6.92 Å². The van der Waals surface area contributed by atoms with Crippen LogP contribution in [0.4, 0.5) is 0 Å². The van der Waals surface area contributed by atoms with Crippen molar-refractivity contribution in [2.75, 3.05) is 6.54 Å². The minimum Gasteiger partial charge on any atom is -0.352 e. The van der Waals surface area contributed by atoms with Crippen molar-refractivity contribution in [2.45, 2.75) is 51.6 Å². The van der Waals surface area contributed by atoms with Crippen LogP contribution in [0.5, 0.6) is 0 Å². The molecule has 13 heavy (non-hydrogen) atoms. The predicted molar refractivity (Wildman–Crippen MR) is 53.5 cm³/mol. The van der Waals surface area contributed by atoms with Gasteiger partial charge in [0.1, 0.15) is 0 Å². The molecule has 3 heteroatoms. The highest BCUT2D eigenvalue weighted by Crippen LogP contribution is 2.07. The molecule has 1 unspecified atom stereocenters. The average molecular weight is 184 g/mol. The number of hydrogen-bond donors (Lipinski definition) is 2. The van der Waals surface area contributed by atoms with Gasteiger partial charge < -0.3 is 10.6 Å². The molecule has 2 N–H and O–H groups in total. The first-order valence-corrected chi connectivity index (χ1v) is 5.27. The summed E-state index contributed by atoms with van der Waals surface area (Å²) in [5.41, 5.74) is 0. The summed E-state index contributed by atoms with van der Waals surface area (Å²) in [5.74, 6) is 0.175. The molecular formula is C10H20N2O. The van der Waals surface area contributed by atoms with Crippen molar-refractivity contribution >= 4 is 5.91 Å². The molecule has 1 saturated heterocycles. The summed E-state index contributed by atoms with van der Waals surface area (Å²) in [7, 11) is 0. The van der Waals surface area contributed by atoms with Crippen LogP contribution in [0.1, 0.15) is 39.5 Å². The molecule has 0 aromatic heterocycles. The molecule has 0 aromatic carbocycles. The van der Waals surface area contributed by atoms with Gasteiger partial charge in [-0.2, -0.15) is 0 Å². The van der Waals surface area contributed by atoms with Gasteiger partial charge in [-0.05, 0) is 32.7 Å². The Labute approximate surface area is 80.3 Å². The normalized spacial score (nSPS) is 25.2. The van der Waals surface area contributed by atoms with E-state index in [9.17, 15) is 4.79 Å². The van der Waals surface area contributed by atoms with Crippen molar-refractivity contribution < 1.29 is 4.79 Å². The van der Waals surface area contributed by atoms with Crippen LogP contribution in [0, 0.1) is 0 Å². The number of piperidine rings is 1. The van der Waals surface area contributed by atoms with E-state index in [2.05, 4.69) is 17.6 Å². The summed E-state index contributed by atoms with van der Waals surface area (Å²) in [6.07, 6.45) is 4.36. The SMILES string of the molecule is CCC(C)NC(=O)[C@H]1CCCCN1. The van der Waals surface area contributed by atoms with Crippen LogP contribution in [0.25, 0.3) is 0 Å². The number of amides is 1. The predicted octanol–water partition coefficient (Wildman–Crippen LogP) is 1.04. The van der Waals surface area contributed by atoms with Crippen LogP contribution in [-0.4, -0.2) is 24.5 Å². The van der Waals surface area contributed by atoms with Gasteiger partial charge in [0.2, 0.25) is 5.91 Å². The second kappa shape index (κ2) is 5.22. The molecule has 1 aliphatic heterocycles. The van der Waals surface area contributed by atoms with Crippen molar-refractivity contribution in [3.63, 3.8) is 0 Å². The maximum atomic E-state index is 11.6. The molecular weight excluding hydrogens is 164 g/mol. The van der Waals surface area contributed by atoms with Crippen molar-refractivity contribution in [3.8, 4) is 0 Å². The number of carbonyl (C=O) groups excluding carboxylic acids is 1. The Bertz CT molecular complexity index is 164. The first kappa shape index (κ1) is 10.5. The summed E-state index contributed by atoms with van der Waals surface area (Å²) in [6.45, 7) is 5.11. The van der Waals surface area contributed by atoms with Gasteiger partial charge >= 0.3 is 0 Å². The van der Waals surface area contributed by atoms with Crippen LogP contribution in [0.3, 0.4) is 0 Å². The molecule has 0 aromatic rings. The second-order valence-electron chi connectivity index (χ2n) is 3.82. The molecule has 0 aliphatic carbocycles. The van der Waals surface area contributed by atoms with Crippen LogP contribution < -0.4 is 10.6 Å². The minimum absolute atomic E-state index is 0.0581. The van der Waals surface area contributed by atoms with Gasteiger partial charge in [0.05, 0.1) is 6.04 Å². The van der Waals surface area contributed by atoms with E-state index >= 15 is 0 Å². The van der Waals surface area contributed by atoms with Crippen molar-refractivity contribution in [1.29, 1.82) is 0 Å². The molecule has 1 fully saturated rings. The zero-order chi connectivity index (χ0) is 9.68. The van der Waals surface area contributed by atoms with E-state index in [1.54, 1.807) is 0 Å². The van der Waals surface area contributed by atoms with Gasteiger partial charge in [0.25, 0.3) is 0 Å². The van der Waals surface area contributed by atoms with E-state index in [0.29, 0.717) is 6.04 Å². The van der Waals surface area contributed by atoms with Crippen molar-refractivity contribution in [2.24, 2.45) is 0 Å². The molecule has 1 aliphatic rings. The Balaban J connectivity index is 2.29. The lowest BCUT2D eigenvalue weighted by Crippen LogP contribution is -2.48. The Morgan fingerprint density at radius 3 is 2.92 bits per heavy atom. The topological polar surface area (TPSA) is 41.1 Å². The lowest BCUT2D eigenvalue weighted by Gasteiger charge is -2.24. The van der Waals surface area contributed by atoms with Crippen molar-refractivity contribution in [1.82, 2.24) is 10.6 Å². The van der Waals surface area contributed by atoms with Gasteiger partial charge in [-0.3, -0.25) is 4.79 Å². The smallest absolute Gasteiger partial charge is 0.237 e. The van der Waals surface area contributed by atoms with Crippen molar-refractivity contribution in [3.05, 3.63) is 0 Å². The van der Waals surface area contributed by atoms with Crippen LogP contribution in [0.2, 0.25) is 0 Å². The van der Waals surface area contributed by atoms with Gasteiger partial charge in [-0.15, -0.1) is 0 Å². The largest absolute Gasteiger partial charge is 0.352 e. The summed E-state index contributed by atoms with van der Waals surface area (Å²) in [4.78, 5) is 11.6. The zero-order valence-electron chi connectivity index (χ0n) is 8.60. The first-order chi connectivity index (χ1) is 6.24. The fourth-order valence-corrected chi connectivity index (χ4v) is 1.52. The molecule has 3 nitrogen and oxygen atoms in total. The van der Waals surface area contributed by atoms with Gasteiger partial charge in [0.15, 0.2) is 0 Å². The molecule has 1 amide bonds. The highest BCUT2D eigenvalue weighted by Gasteiger charge is 2.20. The molecule has 2 atom stereocenters. The molecule has 0 radical (unpaired) electrons. The average Bonchev–Trinajstić information content (AvgIpc) is 2.19. The molecule has 76 valence electrons. The summed E-state index contributed by atoms with van der Waals surface area (Å²) < 4.78 is 0. The van der Waals surface area contributed by atoms with E-state index in [0.717, 1.165) is 19.4 Å². The Hall–Kier alpha value is -0.570. The highest BCUT2D eigenvalue weighted by molar-refractivity contribution is 5.82. The summed E-state index contributed by atoms with van der Waals surface area (Å²) >= 11 is 0. The van der Waals surface area contributed by atoms with Gasteiger partial charge in [0, 0.05) is 6.04 Å². The van der Waals surface area contributed by atoms with Gasteiger partial charge in [-0.25, -0.2) is 0 Å². The molecule has 0 saturated carbocycles. The third-order valence-electron chi connectivity index (χ3n) is 2.63. The summed E-state index contributed by atoms with van der Waals surface area (Å²) in [5, 5.41) is 6.23. The Morgan fingerprint density at radius 1 is 1.62 bits per heavy atom. The van der Waals surface area contributed by atoms with E-state index in [1.165, 1.54) is 12.8 Å². The van der Waals surface area contributed by atoms with Crippen LogP contribution in [0.15, 0.2) is 0 Å². The minimum atomic E-state index is 0.0581. The second-order valence-corrected chi connectivity index (χ2v) is 3.82. The van der Waals surface area contributed by atoms with E-state index < -0.39 is 0 Å². The van der Waals surface area contributed by atoms with Crippen LogP contribution >= 0.6 is 0 Å². The van der Waals surface area contributed by atoms with Crippen LogP contribution in [-0.2, 0) is 4.79 Å². The lowest BCUT2D eigenvalue weighted by molar-refractivity contribution is -0.124. The number of nitrogens with one attached hydrogen (secondary N) is 2. The summed E-state index contributed by atoms with van der Waals surface area (Å²) in [6, 6.07) is 0.360. The molecule has 0 bridgehead atoms. The van der Waals surface area contributed by atoms with Gasteiger partial charge in [-0.1, -0.05) is 13.3 Å². The van der Waals surface area contributed by atoms with E-state index in [4.69, 9.17) is 0 Å². The third kappa shape index (κ3) is 3.35. The Morgan fingerprint density at radius 2 is 2.38 bits per heavy atom. The fourth-order valence-electron chi connectivity index (χ4n) is 1.52. The standard InChI is InChI=1S/C10H20N2O/c1-3-8(2)12-10(13)9-6-4-5-7-11-9/h8-9,11H,3-7H2,1-2H3,(H,12,13)/t8?,9-/m1/s1. The first-order valence-electron chi connectivity index (χ1n) is 5.27. The maximum Gasteiger partial charge on any atom is 0.237 e. The third-order valence-corrected chi connectivity index (χ3v) is 2.63. The molecule has 1 heterocycles. The van der Waals surface area contributed by atoms with E-state index in [-0.39, 0.29) is 11.9 Å². The molecule has 0 spiro atoms. The molecule has 1 rings (SSSR count).